The van der Waals surface area contributed by atoms with Gasteiger partial charge < -0.3 is 14.8 Å². The predicted octanol–water partition coefficient (Wildman–Crippen LogP) is 3.85. The Labute approximate surface area is 149 Å². The van der Waals surface area contributed by atoms with Crippen molar-refractivity contribution >= 4 is 33.3 Å². The van der Waals surface area contributed by atoms with Gasteiger partial charge in [0.05, 0.1) is 20.6 Å². The maximum absolute atomic E-state index is 12.3. The minimum absolute atomic E-state index is 0.0475. The molecule has 0 saturated heterocycles. The van der Waals surface area contributed by atoms with Crippen molar-refractivity contribution in [2.45, 2.75) is 13.3 Å². The fourth-order valence-electron chi connectivity index (χ4n) is 2.23. The number of methoxy groups -OCH3 is 2. The number of amides is 1. The minimum atomic E-state index is -0.191. The van der Waals surface area contributed by atoms with Crippen molar-refractivity contribution in [1.29, 1.82) is 0 Å². The van der Waals surface area contributed by atoms with E-state index >= 15 is 0 Å². The number of halogens is 1. The second-order valence-corrected chi connectivity index (χ2v) is 6.01. The number of ether oxygens (including phenoxy) is 2. The highest BCUT2D eigenvalue weighted by atomic mass is 79.9. The molecule has 0 aliphatic carbocycles. The molecule has 5 nitrogen and oxygen atoms in total. The maximum Gasteiger partial charge on any atom is 0.228 e. The van der Waals surface area contributed by atoms with Crippen LogP contribution in [0.2, 0.25) is 0 Å². The molecular formula is C18H18BrNO4. The van der Waals surface area contributed by atoms with Gasteiger partial charge in [-0.25, -0.2) is 0 Å². The Morgan fingerprint density at radius 3 is 2.38 bits per heavy atom. The first kappa shape index (κ1) is 18.0. The molecule has 24 heavy (non-hydrogen) atoms. The molecule has 1 N–H and O–H groups in total. The average molecular weight is 392 g/mol. The molecule has 0 fully saturated rings. The number of nitrogens with one attached hydrogen (secondary N) is 1. The van der Waals surface area contributed by atoms with Crippen molar-refractivity contribution < 1.29 is 19.1 Å². The molecule has 2 aromatic carbocycles. The van der Waals surface area contributed by atoms with Gasteiger partial charge in [0.25, 0.3) is 0 Å². The van der Waals surface area contributed by atoms with Crippen LogP contribution in [0.3, 0.4) is 0 Å². The normalized spacial score (nSPS) is 10.2. The minimum Gasteiger partial charge on any atom is -0.493 e. The second-order valence-electron chi connectivity index (χ2n) is 5.16. The van der Waals surface area contributed by atoms with Gasteiger partial charge in [-0.05, 0) is 36.8 Å². The number of hydrogen-bond donors (Lipinski definition) is 1. The molecule has 0 saturated carbocycles. The van der Waals surface area contributed by atoms with Crippen LogP contribution in [0.25, 0.3) is 0 Å². The van der Waals surface area contributed by atoms with Gasteiger partial charge in [-0.1, -0.05) is 28.1 Å². The van der Waals surface area contributed by atoms with Gasteiger partial charge in [0.1, 0.15) is 0 Å². The van der Waals surface area contributed by atoms with Crippen LogP contribution in [0.4, 0.5) is 5.69 Å². The van der Waals surface area contributed by atoms with E-state index in [9.17, 15) is 9.59 Å². The highest BCUT2D eigenvalue weighted by Gasteiger charge is 2.13. The van der Waals surface area contributed by atoms with E-state index in [1.165, 1.54) is 6.92 Å². The summed E-state index contributed by atoms with van der Waals surface area (Å²) in [6.07, 6.45) is 0.158. The van der Waals surface area contributed by atoms with Gasteiger partial charge in [-0.2, -0.15) is 0 Å². The monoisotopic (exact) mass is 391 g/mol. The lowest BCUT2D eigenvalue weighted by molar-refractivity contribution is -0.115. The van der Waals surface area contributed by atoms with Crippen molar-refractivity contribution in [3.8, 4) is 11.5 Å². The summed E-state index contributed by atoms with van der Waals surface area (Å²) in [7, 11) is 3.10. The molecule has 0 heterocycles. The fraction of sp³-hybridized carbons (Fsp3) is 0.222. The third kappa shape index (κ3) is 4.35. The summed E-state index contributed by atoms with van der Waals surface area (Å²) in [6, 6.07) is 10.4. The zero-order valence-electron chi connectivity index (χ0n) is 13.7. The van der Waals surface area contributed by atoms with Crippen LogP contribution in [0, 0.1) is 0 Å². The van der Waals surface area contributed by atoms with E-state index in [0.29, 0.717) is 22.7 Å². The van der Waals surface area contributed by atoms with Gasteiger partial charge in [0.15, 0.2) is 17.3 Å². The second kappa shape index (κ2) is 7.97. The maximum atomic E-state index is 12.3. The van der Waals surface area contributed by atoms with E-state index in [1.807, 2.05) is 0 Å². The van der Waals surface area contributed by atoms with Crippen molar-refractivity contribution in [3.63, 3.8) is 0 Å². The van der Waals surface area contributed by atoms with Crippen LogP contribution in [0.15, 0.2) is 40.9 Å². The molecule has 0 spiro atoms. The Morgan fingerprint density at radius 2 is 1.75 bits per heavy atom. The van der Waals surface area contributed by atoms with E-state index < -0.39 is 0 Å². The molecule has 1 amide bonds. The number of rotatable bonds is 6. The van der Waals surface area contributed by atoms with Crippen LogP contribution in [0.1, 0.15) is 22.8 Å². The molecule has 6 heteroatoms. The van der Waals surface area contributed by atoms with Crippen LogP contribution < -0.4 is 14.8 Å². The largest absolute Gasteiger partial charge is 0.493 e. The average Bonchev–Trinajstić information content (AvgIpc) is 2.56. The van der Waals surface area contributed by atoms with Crippen molar-refractivity contribution in [3.05, 3.63) is 52.0 Å². The number of anilines is 1. The zero-order valence-corrected chi connectivity index (χ0v) is 15.3. The number of Topliss-reactive ketones (excluding diaryl/α,β-unsaturated/α-hetero) is 1. The molecule has 0 aliphatic heterocycles. The molecule has 0 radical (unpaired) electrons. The first-order valence-electron chi connectivity index (χ1n) is 7.26. The molecule has 2 rings (SSSR count). The van der Waals surface area contributed by atoms with Gasteiger partial charge in [-0.15, -0.1) is 0 Å². The fourth-order valence-corrected chi connectivity index (χ4v) is 2.69. The van der Waals surface area contributed by atoms with Gasteiger partial charge in [0.2, 0.25) is 5.91 Å². The lowest BCUT2D eigenvalue weighted by Crippen LogP contribution is -2.15. The molecule has 0 aromatic heterocycles. The standard InChI is InChI=1S/C18H18BrNO4/c1-11(21)12-5-4-6-14(7-12)20-18(22)9-13-8-16(23-2)17(24-3)10-15(13)19/h4-8,10H,9H2,1-3H3,(H,20,22). The molecule has 0 unspecified atom stereocenters. The SMILES string of the molecule is COc1cc(Br)c(CC(=O)Nc2cccc(C(C)=O)c2)cc1OC. The third-order valence-electron chi connectivity index (χ3n) is 3.46. The van der Waals surface area contributed by atoms with E-state index in [2.05, 4.69) is 21.2 Å². The predicted molar refractivity (Wildman–Crippen MR) is 96.0 cm³/mol. The Hall–Kier alpha value is -2.34. The summed E-state index contributed by atoms with van der Waals surface area (Å²) < 4.78 is 11.2. The van der Waals surface area contributed by atoms with E-state index in [-0.39, 0.29) is 18.1 Å². The van der Waals surface area contributed by atoms with Gasteiger partial charge in [0, 0.05) is 15.7 Å². The Bertz CT molecular complexity index is 774. The highest BCUT2D eigenvalue weighted by molar-refractivity contribution is 9.10. The highest BCUT2D eigenvalue weighted by Crippen LogP contribution is 2.33. The topological polar surface area (TPSA) is 64.6 Å². The molecule has 126 valence electrons. The van der Waals surface area contributed by atoms with Crippen LogP contribution >= 0.6 is 15.9 Å². The molecule has 0 aliphatic rings. The Morgan fingerprint density at radius 1 is 1.08 bits per heavy atom. The van der Waals surface area contributed by atoms with Crippen LogP contribution in [0.5, 0.6) is 11.5 Å². The Balaban J connectivity index is 2.15. The van der Waals surface area contributed by atoms with Gasteiger partial charge in [-0.3, -0.25) is 9.59 Å². The van der Waals surface area contributed by atoms with Gasteiger partial charge >= 0.3 is 0 Å². The molecule has 0 atom stereocenters. The molecular weight excluding hydrogens is 374 g/mol. The zero-order chi connectivity index (χ0) is 17.7. The number of benzene rings is 2. The number of carbonyl (C=O) groups excluding carboxylic acids is 2. The van der Waals surface area contributed by atoms with Crippen molar-refractivity contribution in [2.24, 2.45) is 0 Å². The lowest BCUT2D eigenvalue weighted by Gasteiger charge is -2.12. The summed E-state index contributed by atoms with van der Waals surface area (Å²) in [6.45, 7) is 1.49. The first-order valence-corrected chi connectivity index (χ1v) is 8.05. The number of hydrogen-bond acceptors (Lipinski definition) is 4. The molecule has 2 aromatic rings. The van der Waals surface area contributed by atoms with Crippen molar-refractivity contribution in [1.82, 2.24) is 0 Å². The first-order chi connectivity index (χ1) is 11.4. The molecule has 0 bridgehead atoms. The van der Waals surface area contributed by atoms with E-state index in [4.69, 9.17) is 9.47 Å². The summed E-state index contributed by atoms with van der Waals surface area (Å²) in [5.74, 6) is 0.905. The van der Waals surface area contributed by atoms with E-state index in [0.717, 1.165) is 10.0 Å². The van der Waals surface area contributed by atoms with Crippen molar-refractivity contribution in [2.75, 3.05) is 19.5 Å². The number of carbonyl (C=O) groups is 2. The summed E-state index contributed by atoms with van der Waals surface area (Å²) in [5, 5.41) is 2.79. The van der Waals surface area contributed by atoms with E-state index in [1.54, 1.807) is 50.6 Å². The smallest absolute Gasteiger partial charge is 0.228 e. The summed E-state index contributed by atoms with van der Waals surface area (Å²) >= 11 is 3.44. The Kier molecular flexibility index (Phi) is 5.98. The summed E-state index contributed by atoms with van der Waals surface area (Å²) in [5.41, 5.74) is 1.91. The lowest BCUT2D eigenvalue weighted by atomic mass is 10.1. The summed E-state index contributed by atoms with van der Waals surface area (Å²) in [4.78, 5) is 23.7. The number of ketones is 1. The third-order valence-corrected chi connectivity index (χ3v) is 4.19. The van der Waals surface area contributed by atoms with Crippen LogP contribution in [-0.2, 0) is 11.2 Å². The quantitative estimate of drug-likeness (QED) is 0.759. The van der Waals surface area contributed by atoms with Crippen LogP contribution in [-0.4, -0.2) is 25.9 Å².